The first-order chi connectivity index (χ1) is 10.1. The highest BCUT2D eigenvalue weighted by Crippen LogP contribution is 2.25. The van der Waals surface area contributed by atoms with Crippen LogP contribution in [0.25, 0.3) is 0 Å². The molecule has 2 aromatic rings. The molecule has 0 fully saturated rings. The topological polar surface area (TPSA) is 41.1 Å². The predicted octanol–water partition coefficient (Wildman–Crippen LogP) is 3.89. The molecule has 3 rings (SSSR count). The molecule has 2 N–H and O–H groups in total. The number of hydrogen-bond acceptors (Lipinski definition) is 2. The molecule has 108 valence electrons. The summed E-state index contributed by atoms with van der Waals surface area (Å²) < 4.78 is 0. The maximum absolute atomic E-state index is 12.3. The zero-order valence-electron chi connectivity index (χ0n) is 11.2. The summed E-state index contributed by atoms with van der Waals surface area (Å²) in [4.78, 5) is 12.3. The number of fused-ring (bicyclic) bond motifs is 1. The van der Waals surface area contributed by atoms with Crippen LogP contribution in [-0.2, 0) is 13.0 Å². The van der Waals surface area contributed by atoms with Crippen LogP contribution in [-0.4, -0.2) is 12.5 Å². The van der Waals surface area contributed by atoms with E-state index in [0.717, 1.165) is 30.8 Å². The molecule has 1 heterocycles. The van der Waals surface area contributed by atoms with Gasteiger partial charge < -0.3 is 10.6 Å². The van der Waals surface area contributed by atoms with E-state index in [2.05, 4.69) is 16.7 Å². The molecule has 2 aromatic carbocycles. The van der Waals surface area contributed by atoms with Crippen molar-refractivity contribution in [3.8, 4) is 0 Å². The van der Waals surface area contributed by atoms with Gasteiger partial charge in [-0.1, -0.05) is 35.3 Å². The Morgan fingerprint density at radius 1 is 1.14 bits per heavy atom. The van der Waals surface area contributed by atoms with Crippen molar-refractivity contribution in [3.63, 3.8) is 0 Å². The first-order valence-corrected chi connectivity index (χ1v) is 7.48. The molecular formula is C16H14Cl2N2O. The monoisotopic (exact) mass is 320 g/mol. The number of benzene rings is 2. The number of nitrogens with one attached hydrogen (secondary N) is 2. The third kappa shape index (κ3) is 3.05. The summed E-state index contributed by atoms with van der Waals surface area (Å²) in [7, 11) is 0. The molecule has 1 aliphatic rings. The minimum absolute atomic E-state index is 0.187. The Bertz CT molecular complexity index is 701. The van der Waals surface area contributed by atoms with Crippen molar-refractivity contribution in [2.24, 2.45) is 0 Å². The lowest BCUT2D eigenvalue weighted by atomic mass is 9.99. The Morgan fingerprint density at radius 3 is 2.81 bits per heavy atom. The van der Waals surface area contributed by atoms with Crippen molar-refractivity contribution in [2.45, 2.75) is 13.0 Å². The third-order valence-electron chi connectivity index (χ3n) is 3.58. The van der Waals surface area contributed by atoms with Gasteiger partial charge >= 0.3 is 0 Å². The van der Waals surface area contributed by atoms with E-state index in [0.29, 0.717) is 15.6 Å². The largest absolute Gasteiger partial charge is 0.322 e. The maximum Gasteiger partial charge on any atom is 0.255 e. The molecule has 0 saturated carbocycles. The fraction of sp³-hybridized carbons (Fsp3) is 0.188. The van der Waals surface area contributed by atoms with Crippen molar-refractivity contribution in [1.82, 2.24) is 5.32 Å². The van der Waals surface area contributed by atoms with Gasteiger partial charge in [0.15, 0.2) is 0 Å². The normalized spacial score (nSPS) is 13.6. The van der Waals surface area contributed by atoms with Crippen LogP contribution in [0, 0.1) is 0 Å². The van der Waals surface area contributed by atoms with E-state index in [1.807, 2.05) is 12.1 Å². The van der Waals surface area contributed by atoms with Crippen LogP contribution in [0.15, 0.2) is 36.4 Å². The van der Waals surface area contributed by atoms with E-state index in [-0.39, 0.29) is 5.91 Å². The summed E-state index contributed by atoms with van der Waals surface area (Å²) in [6.45, 7) is 1.74. The van der Waals surface area contributed by atoms with E-state index in [9.17, 15) is 4.79 Å². The number of amides is 1. The Hall–Kier alpha value is -1.55. The van der Waals surface area contributed by atoms with Crippen LogP contribution in [0.2, 0.25) is 10.0 Å². The van der Waals surface area contributed by atoms with Crippen LogP contribution in [0.3, 0.4) is 0 Å². The Morgan fingerprint density at radius 2 is 2.00 bits per heavy atom. The molecule has 3 nitrogen and oxygen atoms in total. The average molecular weight is 321 g/mol. The number of halogens is 2. The second-order valence-electron chi connectivity index (χ2n) is 4.95. The zero-order valence-corrected chi connectivity index (χ0v) is 12.8. The molecule has 0 radical (unpaired) electrons. The van der Waals surface area contributed by atoms with Gasteiger partial charge in [0.25, 0.3) is 5.91 Å². The predicted molar refractivity (Wildman–Crippen MR) is 86.3 cm³/mol. The van der Waals surface area contributed by atoms with Crippen molar-refractivity contribution in [1.29, 1.82) is 0 Å². The number of hydrogen-bond donors (Lipinski definition) is 2. The van der Waals surface area contributed by atoms with Gasteiger partial charge in [-0.3, -0.25) is 4.79 Å². The van der Waals surface area contributed by atoms with Gasteiger partial charge in [0.05, 0.1) is 10.0 Å². The quantitative estimate of drug-likeness (QED) is 0.881. The molecule has 0 bridgehead atoms. The SMILES string of the molecule is O=C(Nc1cccc2c1CNCC2)c1ccc(Cl)c(Cl)c1. The lowest BCUT2D eigenvalue weighted by molar-refractivity contribution is 0.102. The average Bonchev–Trinajstić information content (AvgIpc) is 2.50. The standard InChI is InChI=1S/C16H14Cl2N2O/c17-13-5-4-11(8-14(13)18)16(21)20-15-3-1-2-10-6-7-19-9-12(10)15/h1-5,8,19H,6-7,9H2,(H,20,21). The summed E-state index contributed by atoms with van der Waals surface area (Å²) in [5.41, 5.74) is 3.76. The number of rotatable bonds is 2. The maximum atomic E-state index is 12.3. The molecule has 0 unspecified atom stereocenters. The van der Waals surface area contributed by atoms with Crippen LogP contribution >= 0.6 is 23.2 Å². The molecule has 0 atom stereocenters. The van der Waals surface area contributed by atoms with E-state index < -0.39 is 0 Å². The number of carbonyl (C=O) groups is 1. The molecule has 0 saturated heterocycles. The van der Waals surface area contributed by atoms with Gasteiger partial charge in [0.1, 0.15) is 0 Å². The van der Waals surface area contributed by atoms with E-state index in [1.165, 1.54) is 5.56 Å². The molecule has 5 heteroatoms. The smallest absolute Gasteiger partial charge is 0.255 e. The molecule has 1 amide bonds. The highest BCUT2D eigenvalue weighted by Gasteiger charge is 2.15. The zero-order chi connectivity index (χ0) is 14.8. The minimum Gasteiger partial charge on any atom is -0.322 e. The first kappa shape index (κ1) is 14.4. The van der Waals surface area contributed by atoms with Crippen LogP contribution < -0.4 is 10.6 Å². The van der Waals surface area contributed by atoms with E-state index >= 15 is 0 Å². The highest BCUT2D eigenvalue weighted by atomic mass is 35.5. The van der Waals surface area contributed by atoms with Crippen molar-refractivity contribution in [2.75, 3.05) is 11.9 Å². The van der Waals surface area contributed by atoms with E-state index in [1.54, 1.807) is 18.2 Å². The molecule has 0 spiro atoms. The first-order valence-electron chi connectivity index (χ1n) is 6.73. The fourth-order valence-corrected chi connectivity index (χ4v) is 2.76. The third-order valence-corrected chi connectivity index (χ3v) is 4.31. The van der Waals surface area contributed by atoms with E-state index in [4.69, 9.17) is 23.2 Å². The van der Waals surface area contributed by atoms with Crippen LogP contribution in [0.4, 0.5) is 5.69 Å². The van der Waals surface area contributed by atoms with Crippen molar-refractivity contribution < 1.29 is 4.79 Å². The fourth-order valence-electron chi connectivity index (χ4n) is 2.46. The van der Waals surface area contributed by atoms with Crippen molar-refractivity contribution in [3.05, 3.63) is 63.1 Å². The van der Waals surface area contributed by atoms with Gasteiger partial charge in [0, 0.05) is 17.8 Å². The second kappa shape index (κ2) is 6.06. The molecule has 0 aromatic heterocycles. The molecule has 1 aliphatic heterocycles. The molecule has 0 aliphatic carbocycles. The van der Waals surface area contributed by atoms with Crippen LogP contribution in [0.1, 0.15) is 21.5 Å². The van der Waals surface area contributed by atoms with Crippen molar-refractivity contribution >= 4 is 34.8 Å². The number of anilines is 1. The second-order valence-corrected chi connectivity index (χ2v) is 5.77. The lowest BCUT2D eigenvalue weighted by Gasteiger charge is -2.20. The summed E-state index contributed by atoms with van der Waals surface area (Å²) in [6, 6.07) is 10.9. The van der Waals surface area contributed by atoms with Gasteiger partial charge in [0.2, 0.25) is 0 Å². The summed E-state index contributed by atoms with van der Waals surface area (Å²) in [5, 5.41) is 7.09. The Kier molecular flexibility index (Phi) is 4.15. The Balaban J connectivity index is 1.86. The summed E-state index contributed by atoms with van der Waals surface area (Å²) >= 11 is 11.8. The van der Waals surface area contributed by atoms with Gasteiger partial charge in [-0.25, -0.2) is 0 Å². The number of carbonyl (C=O) groups excluding carboxylic acids is 1. The Labute approximate surface area is 133 Å². The summed E-state index contributed by atoms with van der Waals surface area (Å²) in [6.07, 6.45) is 0.978. The van der Waals surface area contributed by atoms with Crippen LogP contribution in [0.5, 0.6) is 0 Å². The van der Waals surface area contributed by atoms with Gasteiger partial charge in [-0.05, 0) is 48.4 Å². The minimum atomic E-state index is -0.187. The van der Waals surface area contributed by atoms with Gasteiger partial charge in [-0.15, -0.1) is 0 Å². The van der Waals surface area contributed by atoms with Gasteiger partial charge in [-0.2, -0.15) is 0 Å². The summed E-state index contributed by atoms with van der Waals surface area (Å²) in [5.74, 6) is -0.187. The lowest BCUT2D eigenvalue weighted by Crippen LogP contribution is -2.25. The molecular weight excluding hydrogens is 307 g/mol. The molecule has 21 heavy (non-hydrogen) atoms. The highest BCUT2D eigenvalue weighted by molar-refractivity contribution is 6.42.